The highest BCUT2D eigenvalue weighted by Crippen LogP contribution is 2.37. The molecule has 2 heterocycles. The van der Waals surface area contributed by atoms with E-state index in [0.29, 0.717) is 39.4 Å². The van der Waals surface area contributed by atoms with Gasteiger partial charge in [0.1, 0.15) is 22.1 Å². The molecule has 4 rings (SSSR count). The van der Waals surface area contributed by atoms with Gasteiger partial charge >= 0.3 is 5.97 Å². The molecule has 4 aromatic rings. The fraction of sp³-hybridized carbons (Fsp3) is 0.267. The highest BCUT2D eigenvalue weighted by Gasteiger charge is 2.24. The fourth-order valence-electron chi connectivity index (χ4n) is 4.21. The van der Waals surface area contributed by atoms with Crippen molar-refractivity contribution in [2.24, 2.45) is 0 Å². The molecule has 0 aliphatic heterocycles. The maximum absolute atomic E-state index is 13.0. The molecule has 9 nitrogen and oxygen atoms in total. The number of esters is 1. The number of hydrogen-bond acceptors (Lipinski definition) is 9. The number of allylic oxidation sites excluding steroid dienone is 1. The molecule has 1 N–H and O–H groups in total. The van der Waals surface area contributed by atoms with E-state index < -0.39 is 5.97 Å². The van der Waals surface area contributed by atoms with Crippen molar-refractivity contribution in [2.45, 2.75) is 38.6 Å². The zero-order valence-corrected chi connectivity index (χ0v) is 25.2. The van der Waals surface area contributed by atoms with Crippen LogP contribution < -0.4 is 14.8 Å². The Balaban J connectivity index is 1.48. The summed E-state index contributed by atoms with van der Waals surface area (Å²) in [7, 11) is 2.90. The Morgan fingerprint density at radius 1 is 1.15 bits per heavy atom. The van der Waals surface area contributed by atoms with Gasteiger partial charge in [0.25, 0.3) is 0 Å². The van der Waals surface area contributed by atoms with Crippen molar-refractivity contribution in [3.05, 3.63) is 83.0 Å². The fourth-order valence-corrected chi connectivity index (χ4v) is 5.94. The quantitative estimate of drug-likeness (QED) is 0.113. The van der Waals surface area contributed by atoms with E-state index in [9.17, 15) is 9.59 Å². The van der Waals surface area contributed by atoms with Crippen LogP contribution in [-0.2, 0) is 16.1 Å². The minimum atomic E-state index is -0.534. The Kier molecular flexibility index (Phi) is 9.85. The molecular weight excluding hydrogens is 560 g/mol. The predicted molar refractivity (Wildman–Crippen MR) is 162 cm³/mol. The number of nitrogens with one attached hydrogen (secondary N) is 1. The number of carbonyl (C=O) groups excluding carboxylic acids is 2. The number of amides is 1. The number of hydrogen-bond donors (Lipinski definition) is 1. The first kappa shape index (κ1) is 29.9. The van der Waals surface area contributed by atoms with Crippen LogP contribution in [0.15, 0.2) is 65.7 Å². The first-order chi connectivity index (χ1) is 19.7. The summed E-state index contributed by atoms with van der Waals surface area (Å²) >= 11 is 2.50. The van der Waals surface area contributed by atoms with Gasteiger partial charge in [0.15, 0.2) is 17.1 Å². The van der Waals surface area contributed by atoms with Gasteiger partial charge in [0.2, 0.25) is 5.91 Å². The molecular formula is C30H32N4O5S2. The Morgan fingerprint density at radius 2 is 1.90 bits per heavy atom. The monoisotopic (exact) mass is 592 g/mol. The average molecular weight is 593 g/mol. The topological polar surface area (TPSA) is 105 Å². The minimum Gasteiger partial charge on any atom is -0.497 e. The number of anilines is 1. The molecule has 0 fully saturated rings. The van der Waals surface area contributed by atoms with E-state index in [1.165, 1.54) is 30.2 Å². The molecule has 2 aromatic heterocycles. The Bertz CT molecular complexity index is 1540. The van der Waals surface area contributed by atoms with Crippen LogP contribution in [0, 0.1) is 13.8 Å². The number of methoxy groups -OCH3 is 2. The number of benzene rings is 2. The second-order valence-electron chi connectivity index (χ2n) is 9.18. The Morgan fingerprint density at radius 3 is 2.56 bits per heavy atom. The number of carbonyl (C=O) groups is 2. The predicted octanol–water partition coefficient (Wildman–Crippen LogP) is 6.48. The van der Waals surface area contributed by atoms with E-state index in [-0.39, 0.29) is 17.8 Å². The molecule has 1 atom stereocenters. The zero-order valence-electron chi connectivity index (χ0n) is 23.6. The van der Waals surface area contributed by atoms with Gasteiger partial charge in [0, 0.05) is 17.5 Å². The van der Waals surface area contributed by atoms with Gasteiger partial charge in [-0.05, 0) is 50.1 Å². The average Bonchev–Trinajstić information content (AvgIpc) is 3.57. The highest BCUT2D eigenvalue weighted by atomic mass is 32.2. The summed E-state index contributed by atoms with van der Waals surface area (Å²) in [6.07, 6.45) is 1.37. The van der Waals surface area contributed by atoms with Gasteiger partial charge in [-0.25, -0.2) is 4.79 Å². The molecule has 0 radical (unpaired) electrons. The van der Waals surface area contributed by atoms with Gasteiger partial charge in [-0.3, -0.25) is 9.36 Å². The van der Waals surface area contributed by atoms with Crippen LogP contribution in [0.2, 0.25) is 0 Å². The first-order valence-corrected chi connectivity index (χ1v) is 14.7. The standard InChI is InChI=1S/C30H32N4O5S2/c1-7-14-34-27(20(4)39-24-13-8-18(2)15-19(24)3)32-33-30(34)41-17-25(35)31-28-26(29(36)38-6)23(16-40-28)21-9-11-22(37-5)12-10-21/h7-13,15-16,20H,1,14,17H2,2-6H3,(H,31,35). The summed E-state index contributed by atoms with van der Waals surface area (Å²) < 4.78 is 18.3. The molecule has 214 valence electrons. The smallest absolute Gasteiger partial charge is 0.341 e. The SMILES string of the molecule is C=CCn1c(SCC(=O)Nc2scc(-c3ccc(OC)cc3)c2C(=O)OC)nnc1C(C)Oc1ccc(C)cc1C. The molecule has 1 amide bonds. The number of nitrogens with zero attached hydrogens (tertiary/aromatic N) is 3. The van der Waals surface area contributed by atoms with E-state index in [2.05, 4.69) is 28.2 Å². The maximum atomic E-state index is 13.0. The van der Waals surface area contributed by atoms with Crippen LogP contribution in [0.4, 0.5) is 5.00 Å². The normalized spacial score (nSPS) is 11.5. The lowest BCUT2D eigenvalue weighted by Crippen LogP contribution is -2.17. The Labute approximate surface area is 247 Å². The number of thioether (sulfide) groups is 1. The molecule has 2 aromatic carbocycles. The molecule has 0 spiro atoms. The minimum absolute atomic E-state index is 0.0535. The van der Waals surface area contributed by atoms with Gasteiger partial charge in [-0.2, -0.15) is 0 Å². The van der Waals surface area contributed by atoms with Crippen molar-refractivity contribution in [2.75, 3.05) is 25.3 Å². The lowest BCUT2D eigenvalue weighted by molar-refractivity contribution is -0.113. The van der Waals surface area contributed by atoms with Crippen LogP contribution in [0.1, 0.15) is 40.3 Å². The van der Waals surface area contributed by atoms with Crippen molar-refractivity contribution in [1.29, 1.82) is 0 Å². The third kappa shape index (κ3) is 6.98. The van der Waals surface area contributed by atoms with Crippen molar-refractivity contribution >= 4 is 40.0 Å². The third-order valence-electron chi connectivity index (χ3n) is 6.22. The van der Waals surface area contributed by atoms with Crippen LogP contribution in [0.25, 0.3) is 11.1 Å². The number of thiophene rings is 1. The van der Waals surface area contributed by atoms with Gasteiger partial charge in [-0.1, -0.05) is 47.7 Å². The summed E-state index contributed by atoms with van der Waals surface area (Å²) in [6.45, 7) is 10.3. The van der Waals surface area contributed by atoms with Crippen molar-refractivity contribution in [3.8, 4) is 22.6 Å². The van der Waals surface area contributed by atoms with E-state index in [0.717, 1.165) is 22.4 Å². The third-order valence-corrected chi connectivity index (χ3v) is 8.08. The second-order valence-corrected chi connectivity index (χ2v) is 11.0. The number of aryl methyl sites for hydroxylation is 2. The van der Waals surface area contributed by atoms with E-state index in [1.54, 1.807) is 13.2 Å². The first-order valence-electron chi connectivity index (χ1n) is 12.8. The lowest BCUT2D eigenvalue weighted by atomic mass is 10.0. The molecule has 0 saturated carbocycles. The van der Waals surface area contributed by atoms with Crippen LogP contribution in [0.3, 0.4) is 0 Å². The van der Waals surface area contributed by atoms with E-state index >= 15 is 0 Å². The summed E-state index contributed by atoms with van der Waals surface area (Å²) in [5.74, 6) is 1.33. The highest BCUT2D eigenvalue weighted by molar-refractivity contribution is 7.99. The summed E-state index contributed by atoms with van der Waals surface area (Å²) in [5.41, 5.74) is 3.97. The summed E-state index contributed by atoms with van der Waals surface area (Å²) in [6, 6.07) is 13.3. The van der Waals surface area contributed by atoms with Crippen LogP contribution >= 0.6 is 23.1 Å². The largest absolute Gasteiger partial charge is 0.497 e. The molecule has 0 saturated heterocycles. The summed E-state index contributed by atoms with van der Waals surface area (Å²) in [4.78, 5) is 25.7. The molecule has 41 heavy (non-hydrogen) atoms. The lowest BCUT2D eigenvalue weighted by Gasteiger charge is -2.17. The number of rotatable bonds is 12. The molecule has 1 unspecified atom stereocenters. The molecule has 0 aliphatic rings. The number of aromatic nitrogens is 3. The zero-order chi connectivity index (χ0) is 29.5. The maximum Gasteiger partial charge on any atom is 0.341 e. The summed E-state index contributed by atoms with van der Waals surface area (Å²) in [5, 5.41) is 14.3. The van der Waals surface area contributed by atoms with Gasteiger partial charge < -0.3 is 19.5 Å². The molecule has 11 heteroatoms. The van der Waals surface area contributed by atoms with Crippen molar-refractivity contribution < 1.29 is 23.8 Å². The second kappa shape index (κ2) is 13.5. The molecule has 0 aliphatic carbocycles. The van der Waals surface area contributed by atoms with Crippen molar-refractivity contribution in [3.63, 3.8) is 0 Å². The molecule has 0 bridgehead atoms. The van der Waals surface area contributed by atoms with Gasteiger partial charge in [0.05, 0.1) is 20.0 Å². The van der Waals surface area contributed by atoms with E-state index in [1.807, 2.05) is 67.1 Å². The van der Waals surface area contributed by atoms with E-state index in [4.69, 9.17) is 14.2 Å². The van der Waals surface area contributed by atoms with Crippen LogP contribution in [-0.4, -0.2) is 46.6 Å². The number of ether oxygens (including phenoxy) is 3. The van der Waals surface area contributed by atoms with Crippen molar-refractivity contribution in [1.82, 2.24) is 14.8 Å². The van der Waals surface area contributed by atoms with Gasteiger partial charge in [-0.15, -0.1) is 28.1 Å². The Hall–Kier alpha value is -4.09. The van der Waals surface area contributed by atoms with Crippen LogP contribution in [0.5, 0.6) is 11.5 Å².